The zero-order chi connectivity index (χ0) is 49.8. The van der Waals surface area contributed by atoms with Gasteiger partial charge < -0.3 is 29.7 Å². The van der Waals surface area contributed by atoms with Gasteiger partial charge >= 0.3 is 103 Å². The number of nitrogens with zero attached hydrogens (tertiary/aromatic N) is 10. The molecule has 2 aromatic heterocycles. The molecule has 7 aromatic rings. The van der Waals surface area contributed by atoms with Crippen LogP contribution in [0.3, 0.4) is 0 Å². The second-order valence-electron chi connectivity index (χ2n) is 14.1. The number of aryl methyl sites for hydroxylation is 1. The van der Waals surface area contributed by atoms with Crippen LogP contribution in [0.25, 0.3) is 10.8 Å². The molecule has 0 aliphatic heterocycles. The van der Waals surface area contributed by atoms with E-state index in [0.717, 1.165) is 18.2 Å². The standard InChI is InChI=1S/C41H36Cl2N14O10S2.2K/c1-19-8-6-10-26(35(19)49-41-53-37(43)52-39(55-41)47-29-15-22(44-20(2)58)12-13-31(29)66-4)46-38-50-36(42)51-40(54-38)48-30-17-27(45-21(3)59)28(18-32(30)67-5)57-56-23-14-25-24(34(16-23)69(63,64)65)9-7-11-33(25)68(60,61)62;;/h6-18H,1-5H3,(H,44,58)(H,45,59)(H,60,61,62)(H,63,64,65)(H2,46,48,50,51,54)(H2,47,49,52,53,55);;/q;2*+1/p-2. The molecule has 0 fully saturated rings. The fraction of sp³-hybridized carbons (Fsp3) is 0.122. The summed E-state index contributed by atoms with van der Waals surface area (Å²) in [5, 5.41) is 31.4. The minimum absolute atomic E-state index is 0. The fourth-order valence-electron chi connectivity index (χ4n) is 6.40. The minimum Gasteiger partial charge on any atom is -0.862 e. The molecule has 0 unspecified atom stereocenters. The van der Waals surface area contributed by atoms with Gasteiger partial charge in [0.2, 0.25) is 33.0 Å². The van der Waals surface area contributed by atoms with Gasteiger partial charge in [-0.15, -0.1) is 5.11 Å². The Morgan fingerprint density at radius 3 is 1.79 bits per heavy atom. The number of rotatable bonds is 12. The van der Waals surface area contributed by atoms with Gasteiger partial charge in [-0.3, -0.25) is 29.1 Å². The van der Waals surface area contributed by atoms with Crippen LogP contribution >= 0.6 is 23.2 Å². The summed E-state index contributed by atoms with van der Waals surface area (Å²) in [6.45, 7) is 4.28. The zero-order valence-electron chi connectivity index (χ0n) is 38.2. The molecule has 0 atom stereocenters. The first kappa shape index (κ1) is 57.3. The first-order chi connectivity index (χ1) is 32.7. The second-order valence-corrected chi connectivity index (χ2v) is 17.6. The molecule has 7 rings (SSSR count). The number of methoxy groups -OCH3 is 2. The number of halogens is 2. The van der Waals surface area contributed by atoms with Gasteiger partial charge in [0, 0.05) is 16.8 Å². The first-order valence-corrected chi connectivity index (χ1v) is 23.1. The van der Waals surface area contributed by atoms with E-state index in [1.54, 1.807) is 37.3 Å². The summed E-state index contributed by atoms with van der Waals surface area (Å²) in [5.74, 6) is -0.640. The van der Waals surface area contributed by atoms with Crippen LogP contribution in [0.15, 0.2) is 129 Å². The van der Waals surface area contributed by atoms with Crippen molar-refractivity contribution in [2.24, 2.45) is 40.2 Å². The summed E-state index contributed by atoms with van der Waals surface area (Å²) in [6, 6.07) is 18.1. The third kappa shape index (κ3) is 14.8. The van der Waals surface area contributed by atoms with E-state index in [0.29, 0.717) is 34.1 Å². The molecule has 30 heteroatoms. The van der Waals surface area contributed by atoms with E-state index in [4.69, 9.17) is 37.7 Å². The third-order valence-electron chi connectivity index (χ3n) is 9.17. The number of aromatic amines is 4. The number of ether oxygens (including phenoxy) is 2. The Morgan fingerprint density at radius 1 is 0.592 bits per heavy atom. The van der Waals surface area contributed by atoms with E-state index in [1.165, 1.54) is 58.4 Å². The van der Waals surface area contributed by atoms with Crippen molar-refractivity contribution < 1.29 is 148 Å². The van der Waals surface area contributed by atoms with Crippen LogP contribution in [-0.4, -0.2) is 81.9 Å². The summed E-state index contributed by atoms with van der Waals surface area (Å²) in [6.07, 6.45) is 0. The first-order valence-electron chi connectivity index (χ1n) is 19.5. The molecule has 71 heavy (non-hydrogen) atoms. The van der Waals surface area contributed by atoms with Crippen LogP contribution < -0.4 is 145 Å². The minimum atomic E-state index is -4.96. The molecule has 0 aliphatic carbocycles. The maximum Gasteiger partial charge on any atom is 1.00 e. The average molecular weight is 1100 g/mol. The third-order valence-corrected chi connectivity index (χ3v) is 11.3. The molecular formula is C41H34Cl2K2N14O10S2. The number of azo groups is 1. The molecule has 0 saturated carbocycles. The van der Waals surface area contributed by atoms with Crippen molar-refractivity contribution in [3.8, 4) is 11.5 Å². The molecule has 0 spiro atoms. The van der Waals surface area contributed by atoms with Crippen LogP contribution in [0, 0.1) is 6.92 Å². The van der Waals surface area contributed by atoms with Gasteiger partial charge in [-0.25, -0.2) is 20.0 Å². The second kappa shape index (κ2) is 24.4. The topological polar surface area (TPSA) is 361 Å². The van der Waals surface area contributed by atoms with Crippen molar-refractivity contribution in [3.63, 3.8) is 0 Å². The summed E-state index contributed by atoms with van der Waals surface area (Å²) in [4.78, 5) is 45.0. The van der Waals surface area contributed by atoms with Crippen LogP contribution in [0.4, 0.5) is 45.5 Å². The number of aliphatic imine (C=N–C) groups is 2. The Hall–Kier alpha value is -4.61. The van der Waals surface area contributed by atoms with E-state index in [-0.39, 0.29) is 175 Å². The quantitative estimate of drug-likeness (QED) is 0.0289. The van der Waals surface area contributed by atoms with Crippen molar-refractivity contribution in [2.45, 2.75) is 30.6 Å². The van der Waals surface area contributed by atoms with Gasteiger partial charge in [0.05, 0.1) is 42.7 Å². The van der Waals surface area contributed by atoms with Crippen molar-refractivity contribution in [2.75, 3.05) is 14.2 Å². The van der Waals surface area contributed by atoms with Crippen LogP contribution in [0.1, 0.15) is 19.4 Å². The molecule has 0 saturated heterocycles. The molecule has 24 nitrogen and oxygen atoms in total. The predicted molar refractivity (Wildman–Crippen MR) is 247 cm³/mol. The SMILES string of the molecule is COc1ccc(N=C(C)[O-])cc1N=c1nc(Cl)[nH]c(=Nc2c(C)cccc2N=c2nc(Cl)[nH]c(=Nc3cc(N=C(C)[O-])c(N=Nc4cc(S(=O)(=O)O)c5cccc(S(=O)(=O)O)c5c4)cc3OC)[nH]2)[nH]1.[K+].[K+]. The number of benzene rings is 5. The maximum atomic E-state index is 12.4. The maximum absolute atomic E-state index is 12.4. The largest absolute Gasteiger partial charge is 1.00 e. The Balaban J connectivity index is 0.00000469. The number of hydrogen-bond donors (Lipinski definition) is 6. The smallest absolute Gasteiger partial charge is 0.862 e. The van der Waals surface area contributed by atoms with Crippen LogP contribution in [-0.2, 0) is 20.2 Å². The Bertz CT molecular complexity index is 3830. The van der Waals surface area contributed by atoms with E-state index in [9.17, 15) is 36.2 Å². The average Bonchev–Trinajstić information content (AvgIpc) is 3.25. The van der Waals surface area contributed by atoms with E-state index in [2.05, 4.69) is 65.1 Å². The summed E-state index contributed by atoms with van der Waals surface area (Å²) in [5.41, 5.74) is 1.67. The fourth-order valence-corrected chi connectivity index (χ4v) is 8.16. The number of aromatic nitrogens is 6. The molecule has 0 amide bonds. The van der Waals surface area contributed by atoms with Crippen LogP contribution in [0.2, 0.25) is 10.6 Å². The van der Waals surface area contributed by atoms with E-state index < -0.39 is 41.8 Å². The molecule has 356 valence electrons. The van der Waals surface area contributed by atoms with Crippen molar-refractivity contribution in [1.82, 2.24) is 29.9 Å². The molecular weight excluding hydrogens is 1060 g/mol. The monoisotopic (exact) mass is 1090 g/mol. The molecule has 0 bridgehead atoms. The van der Waals surface area contributed by atoms with Gasteiger partial charge in [0.15, 0.2) is 0 Å². The summed E-state index contributed by atoms with van der Waals surface area (Å²) >= 11 is 12.8. The van der Waals surface area contributed by atoms with Gasteiger partial charge in [0.25, 0.3) is 20.2 Å². The van der Waals surface area contributed by atoms with Gasteiger partial charge in [-0.05, 0) is 110 Å². The normalized spacial score (nSPS) is 13.4. The summed E-state index contributed by atoms with van der Waals surface area (Å²) < 4.78 is 79.9. The Morgan fingerprint density at radius 2 is 1.18 bits per heavy atom. The summed E-state index contributed by atoms with van der Waals surface area (Å²) in [7, 11) is -7.05. The van der Waals surface area contributed by atoms with Gasteiger partial charge in [-0.2, -0.15) is 31.9 Å². The van der Waals surface area contributed by atoms with Crippen molar-refractivity contribution in [3.05, 3.63) is 117 Å². The Labute approximate surface area is 497 Å². The molecule has 0 radical (unpaired) electrons. The van der Waals surface area contributed by atoms with Gasteiger partial charge in [-0.1, -0.05) is 24.3 Å². The van der Waals surface area contributed by atoms with Crippen molar-refractivity contribution >= 4 is 112 Å². The van der Waals surface area contributed by atoms with Crippen LogP contribution in [0.5, 0.6) is 11.5 Å². The van der Waals surface area contributed by atoms with Crippen molar-refractivity contribution in [1.29, 1.82) is 0 Å². The van der Waals surface area contributed by atoms with E-state index in [1.807, 2.05) is 0 Å². The Kier molecular flexibility index (Phi) is 19.7. The number of fused-ring (bicyclic) bond motifs is 1. The molecule has 2 heterocycles. The molecule has 0 aliphatic rings. The van der Waals surface area contributed by atoms with E-state index >= 15 is 0 Å². The molecule has 5 aromatic carbocycles. The number of hydrogen-bond acceptors (Lipinski definition) is 18. The number of nitrogens with one attached hydrogen (secondary N) is 4. The van der Waals surface area contributed by atoms with Gasteiger partial charge in [0.1, 0.15) is 38.4 Å². The predicted octanol–water partition coefficient (Wildman–Crippen LogP) is -0.759. The number of H-pyrrole nitrogens is 4. The molecule has 6 N–H and O–H groups in total. The zero-order valence-corrected chi connectivity index (χ0v) is 47.6. The number of para-hydroxylation sites is 1.